The fourth-order valence-electron chi connectivity index (χ4n) is 1.60. The maximum absolute atomic E-state index is 11.2. The Labute approximate surface area is 98.7 Å². The van der Waals surface area contributed by atoms with Crippen molar-refractivity contribution in [1.29, 1.82) is 0 Å². The minimum absolute atomic E-state index is 0.0601. The van der Waals surface area contributed by atoms with Crippen LogP contribution in [0.5, 0.6) is 0 Å². The number of nitrogens with two attached hydrogens (primary N) is 1. The lowest BCUT2D eigenvalue weighted by atomic mass is 10.1. The van der Waals surface area contributed by atoms with Crippen LogP contribution in [0.15, 0.2) is 41.2 Å². The first-order valence-corrected chi connectivity index (χ1v) is 5.33. The van der Waals surface area contributed by atoms with E-state index in [0.29, 0.717) is 5.82 Å². The van der Waals surface area contributed by atoms with Crippen LogP contribution in [0.3, 0.4) is 0 Å². The van der Waals surface area contributed by atoms with Crippen molar-refractivity contribution < 1.29 is 0 Å². The SMILES string of the molecule is C[C@H](Nc1cc(=O)[nH]c(N)n1)c1ccccc1. The molecule has 2 aromatic rings. The van der Waals surface area contributed by atoms with Gasteiger partial charge >= 0.3 is 0 Å². The normalized spacial score (nSPS) is 12.1. The van der Waals surface area contributed by atoms with Crippen LogP contribution in [-0.4, -0.2) is 9.97 Å². The first-order valence-electron chi connectivity index (χ1n) is 5.33. The zero-order valence-corrected chi connectivity index (χ0v) is 9.47. The molecule has 0 saturated carbocycles. The molecule has 0 spiro atoms. The number of H-pyrrole nitrogens is 1. The van der Waals surface area contributed by atoms with Crippen LogP contribution in [0, 0.1) is 0 Å². The number of aromatic nitrogens is 2. The Morgan fingerprint density at radius 3 is 2.71 bits per heavy atom. The summed E-state index contributed by atoms with van der Waals surface area (Å²) in [5, 5.41) is 3.13. The minimum Gasteiger partial charge on any atom is -0.369 e. The maximum atomic E-state index is 11.2. The van der Waals surface area contributed by atoms with Crippen LogP contribution < -0.4 is 16.6 Å². The third kappa shape index (κ3) is 2.84. The Morgan fingerprint density at radius 2 is 2.06 bits per heavy atom. The van der Waals surface area contributed by atoms with E-state index < -0.39 is 0 Å². The van der Waals surface area contributed by atoms with Crippen LogP contribution in [0.2, 0.25) is 0 Å². The Morgan fingerprint density at radius 1 is 1.35 bits per heavy atom. The van der Waals surface area contributed by atoms with Crippen molar-refractivity contribution in [2.45, 2.75) is 13.0 Å². The number of nitrogens with one attached hydrogen (secondary N) is 2. The van der Waals surface area contributed by atoms with Crippen LogP contribution in [-0.2, 0) is 0 Å². The molecule has 0 radical (unpaired) electrons. The van der Waals surface area contributed by atoms with E-state index in [1.54, 1.807) is 0 Å². The van der Waals surface area contributed by atoms with Gasteiger partial charge in [0.1, 0.15) is 5.82 Å². The Balaban J connectivity index is 2.18. The summed E-state index contributed by atoms with van der Waals surface area (Å²) in [6.07, 6.45) is 0. The minimum atomic E-state index is -0.264. The summed E-state index contributed by atoms with van der Waals surface area (Å²) in [6, 6.07) is 11.3. The topological polar surface area (TPSA) is 83.8 Å². The fourth-order valence-corrected chi connectivity index (χ4v) is 1.60. The molecule has 4 N–H and O–H groups in total. The van der Waals surface area contributed by atoms with Gasteiger partial charge in [-0.1, -0.05) is 30.3 Å². The van der Waals surface area contributed by atoms with Gasteiger partial charge in [-0.25, -0.2) is 0 Å². The van der Waals surface area contributed by atoms with Gasteiger partial charge in [0.2, 0.25) is 5.95 Å². The van der Waals surface area contributed by atoms with Crippen molar-refractivity contribution in [3.05, 3.63) is 52.3 Å². The molecule has 0 aliphatic heterocycles. The quantitative estimate of drug-likeness (QED) is 0.746. The van der Waals surface area contributed by atoms with Gasteiger partial charge in [-0.2, -0.15) is 4.98 Å². The number of nitrogen functional groups attached to an aromatic ring is 1. The van der Waals surface area contributed by atoms with Gasteiger partial charge in [0.25, 0.3) is 5.56 Å². The highest BCUT2D eigenvalue weighted by Crippen LogP contribution is 2.16. The predicted octanol–water partition coefficient (Wildman–Crippen LogP) is 1.53. The average molecular weight is 230 g/mol. The predicted molar refractivity (Wildman–Crippen MR) is 67.7 cm³/mol. The molecule has 1 atom stereocenters. The van der Waals surface area contributed by atoms with E-state index in [9.17, 15) is 4.79 Å². The second-order valence-electron chi connectivity index (χ2n) is 3.79. The Kier molecular flexibility index (Phi) is 3.09. The summed E-state index contributed by atoms with van der Waals surface area (Å²) < 4.78 is 0. The van der Waals surface area contributed by atoms with E-state index in [0.717, 1.165) is 5.56 Å². The van der Waals surface area contributed by atoms with Crippen LogP contribution in [0.1, 0.15) is 18.5 Å². The lowest BCUT2D eigenvalue weighted by Crippen LogP contribution is -2.15. The fraction of sp³-hybridized carbons (Fsp3) is 0.167. The largest absolute Gasteiger partial charge is 0.369 e. The van der Waals surface area contributed by atoms with Crippen molar-refractivity contribution in [3.8, 4) is 0 Å². The van der Waals surface area contributed by atoms with Gasteiger partial charge in [0.15, 0.2) is 0 Å². The lowest BCUT2D eigenvalue weighted by molar-refractivity contribution is 0.871. The molecule has 0 aliphatic carbocycles. The van der Waals surface area contributed by atoms with E-state index >= 15 is 0 Å². The van der Waals surface area contributed by atoms with Gasteiger partial charge in [-0.15, -0.1) is 0 Å². The van der Waals surface area contributed by atoms with E-state index in [1.165, 1.54) is 6.07 Å². The zero-order chi connectivity index (χ0) is 12.3. The third-order valence-corrected chi connectivity index (χ3v) is 2.42. The number of hydrogen-bond donors (Lipinski definition) is 3. The highest BCUT2D eigenvalue weighted by molar-refractivity contribution is 5.40. The Hall–Kier alpha value is -2.30. The second kappa shape index (κ2) is 4.69. The Bertz CT molecular complexity index is 550. The summed E-state index contributed by atoms with van der Waals surface area (Å²) in [4.78, 5) is 17.6. The van der Waals surface area contributed by atoms with Crippen LogP contribution >= 0.6 is 0 Å². The molecule has 88 valence electrons. The second-order valence-corrected chi connectivity index (χ2v) is 3.79. The van der Waals surface area contributed by atoms with Gasteiger partial charge in [-0.05, 0) is 12.5 Å². The summed E-state index contributed by atoms with van der Waals surface area (Å²) in [6.45, 7) is 1.99. The van der Waals surface area contributed by atoms with Crippen molar-refractivity contribution in [1.82, 2.24) is 9.97 Å². The molecule has 5 nitrogen and oxygen atoms in total. The number of anilines is 2. The first kappa shape index (κ1) is 11.2. The smallest absolute Gasteiger partial charge is 0.254 e. The number of nitrogens with zero attached hydrogens (tertiary/aromatic N) is 1. The summed E-state index contributed by atoms with van der Waals surface area (Å²) in [5.74, 6) is 0.586. The van der Waals surface area contributed by atoms with Crippen molar-refractivity contribution >= 4 is 11.8 Å². The molecular formula is C12H14N4O. The average Bonchev–Trinajstić information content (AvgIpc) is 2.28. The standard InChI is InChI=1S/C12H14N4O/c1-8(9-5-3-2-4-6-9)14-10-7-11(17)16-12(13)15-10/h2-8H,1H3,(H4,13,14,15,16,17)/t8-/m0/s1. The molecule has 0 saturated heterocycles. The van der Waals surface area contributed by atoms with Crippen molar-refractivity contribution in [3.63, 3.8) is 0 Å². The van der Waals surface area contributed by atoms with Gasteiger partial charge in [0.05, 0.1) is 0 Å². The van der Waals surface area contributed by atoms with Gasteiger partial charge < -0.3 is 11.1 Å². The number of benzene rings is 1. The highest BCUT2D eigenvalue weighted by atomic mass is 16.1. The molecule has 0 bridgehead atoms. The summed E-state index contributed by atoms with van der Waals surface area (Å²) >= 11 is 0. The van der Waals surface area contributed by atoms with Crippen LogP contribution in [0.4, 0.5) is 11.8 Å². The summed E-state index contributed by atoms with van der Waals surface area (Å²) in [7, 11) is 0. The van der Waals surface area contributed by atoms with Crippen LogP contribution in [0.25, 0.3) is 0 Å². The molecule has 5 heteroatoms. The maximum Gasteiger partial charge on any atom is 0.254 e. The van der Waals surface area contributed by atoms with E-state index in [2.05, 4.69) is 15.3 Å². The molecule has 0 aliphatic rings. The molecule has 0 amide bonds. The zero-order valence-electron chi connectivity index (χ0n) is 9.47. The molecule has 0 fully saturated rings. The number of rotatable bonds is 3. The molecule has 1 aromatic heterocycles. The van der Waals surface area contributed by atoms with Gasteiger partial charge in [0, 0.05) is 12.1 Å². The van der Waals surface area contributed by atoms with E-state index in [1.807, 2.05) is 37.3 Å². The highest BCUT2D eigenvalue weighted by Gasteiger charge is 2.06. The van der Waals surface area contributed by atoms with E-state index in [-0.39, 0.29) is 17.5 Å². The lowest BCUT2D eigenvalue weighted by Gasteiger charge is -2.14. The molecule has 0 unspecified atom stereocenters. The molecule has 17 heavy (non-hydrogen) atoms. The number of aromatic amines is 1. The monoisotopic (exact) mass is 230 g/mol. The summed E-state index contributed by atoms with van der Waals surface area (Å²) in [5.41, 5.74) is 6.32. The van der Waals surface area contributed by atoms with Crippen molar-refractivity contribution in [2.24, 2.45) is 0 Å². The molecule has 2 rings (SSSR count). The first-order chi connectivity index (χ1) is 8.15. The molecule has 1 aromatic carbocycles. The van der Waals surface area contributed by atoms with Gasteiger partial charge in [-0.3, -0.25) is 9.78 Å². The third-order valence-electron chi connectivity index (χ3n) is 2.42. The number of hydrogen-bond acceptors (Lipinski definition) is 4. The van der Waals surface area contributed by atoms with Crippen molar-refractivity contribution in [2.75, 3.05) is 11.1 Å². The molecular weight excluding hydrogens is 216 g/mol. The molecule has 1 heterocycles. The van der Waals surface area contributed by atoms with E-state index in [4.69, 9.17) is 5.73 Å².